The van der Waals surface area contributed by atoms with E-state index in [0.29, 0.717) is 21.3 Å². The van der Waals surface area contributed by atoms with Gasteiger partial charge in [-0.2, -0.15) is 0 Å². The van der Waals surface area contributed by atoms with Crippen molar-refractivity contribution in [2.75, 3.05) is 5.32 Å². The number of hydrogen-bond donors (Lipinski definition) is 1. The highest BCUT2D eigenvalue weighted by molar-refractivity contribution is 9.10. The fraction of sp³-hybridized carbons (Fsp3) is 0. The maximum absolute atomic E-state index is 12.1. The van der Waals surface area contributed by atoms with Gasteiger partial charge in [-0.05, 0) is 52.3 Å². The van der Waals surface area contributed by atoms with Crippen LogP contribution in [0.15, 0.2) is 45.3 Å². The summed E-state index contributed by atoms with van der Waals surface area (Å²) < 4.78 is 1.57. The largest absolute Gasteiger partial charge is 0.321 e. The van der Waals surface area contributed by atoms with Gasteiger partial charge in [-0.1, -0.05) is 39.1 Å². The zero-order valence-electron chi connectivity index (χ0n) is 9.38. The first kappa shape index (κ1) is 14.9. The Labute approximate surface area is 137 Å². The molecule has 0 aliphatic heterocycles. The number of halogens is 4. The van der Waals surface area contributed by atoms with Crippen molar-refractivity contribution in [1.82, 2.24) is 0 Å². The fourth-order valence-corrected chi connectivity index (χ4v) is 2.73. The lowest BCUT2D eigenvalue weighted by Crippen LogP contribution is -2.12. The molecule has 0 bridgehead atoms. The van der Waals surface area contributed by atoms with Crippen molar-refractivity contribution >= 4 is 66.7 Å². The molecule has 0 aromatic heterocycles. The van der Waals surface area contributed by atoms with E-state index in [-0.39, 0.29) is 5.91 Å². The van der Waals surface area contributed by atoms with Gasteiger partial charge in [0.1, 0.15) is 0 Å². The predicted octanol–water partition coefficient (Wildman–Crippen LogP) is 5.77. The van der Waals surface area contributed by atoms with Crippen LogP contribution < -0.4 is 5.32 Å². The third-order valence-electron chi connectivity index (χ3n) is 2.35. The second-order valence-electron chi connectivity index (χ2n) is 3.70. The van der Waals surface area contributed by atoms with Gasteiger partial charge in [0.05, 0.1) is 16.3 Å². The van der Waals surface area contributed by atoms with Crippen LogP contribution in [0.5, 0.6) is 0 Å². The molecule has 2 rings (SSSR count). The summed E-state index contributed by atoms with van der Waals surface area (Å²) in [4.78, 5) is 12.1. The van der Waals surface area contributed by atoms with E-state index in [4.69, 9.17) is 23.2 Å². The summed E-state index contributed by atoms with van der Waals surface area (Å²) in [6.45, 7) is 0. The first-order chi connectivity index (χ1) is 8.97. The van der Waals surface area contributed by atoms with E-state index in [1.165, 1.54) is 0 Å². The van der Waals surface area contributed by atoms with Crippen LogP contribution in [0, 0.1) is 0 Å². The van der Waals surface area contributed by atoms with E-state index in [1.807, 2.05) is 0 Å². The maximum Gasteiger partial charge on any atom is 0.257 e. The molecule has 0 saturated carbocycles. The molecular weight excluding hydrogens is 417 g/mol. The highest BCUT2D eigenvalue weighted by Gasteiger charge is 2.12. The second-order valence-corrected chi connectivity index (χ2v) is 6.32. The van der Waals surface area contributed by atoms with E-state index in [0.717, 1.165) is 8.95 Å². The van der Waals surface area contributed by atoms with Gasteiger partial charge < -0.3 is 5.32 Å². The van der Waals surface area contributed by atoms with Gasteiger partial charge in [-0.25, -0.2) is 0 Å². The third kappa shape index (κ3) is 3.72. The van der Waals surface area contributed by atoms with Gasteiger partial charge in [0.15, 0.2) is 0 Å². The number of amides is 1. The standard InChI is InChI=1S/C13H7Br2Cl2NO/c14-7-1-3-9(11(17)5-7)13(19)18-12-6-8(16)2-4-10(12)15/h1-6H,(H,18,19). The Morgan fingerprint density at radius 2 is 1.79 bits per heavy atom. The Morgan fingerprint density at radius 3 is 2.47 bits per heavy atom. The fourth-order valence-electron chi connectivity index (χ4n) is 1.46. The number of carbonyl (C=O) groups is 1. The zero-order chi connectivity index (χ0) is 14.0. The molecule has 2 nitrogen and oxygen atoms in total. The quantitative estimate of drug-likeness (QED) is 0.652. The molecule has 0 spiro atoms. The van der Waals surface area contributed by atoms with E-state index < -0.39 is 0 Å². The molecule has 0 atom stereocenters. The van der Waals surface area contributed by atoms with Crippen LogP contribution in [0.4, 0.5) is 5.69 Å². The highest BCUT2D eigenvalue weighted by atomic mass is 79.9. The number of carbonyl (C=O) groups excluding carboxylic acids is 1. The Balaban J connectivity index is 2.28. The van der Waals surface area contributed by atoms with Crippen LogP contribution in [-0.4, -0.2) is 5.91 Å². The lowest BCUT2D eigenvalue weighted by Gasteiger charge is -2.09. The zero-order valence-corrected chi connectivity index (χ0v) is 14.1. The summed E-state index contributed by atoms with van der Waals surface area (Å²) in [5.41, 5.74) is 0.994. The highest BCUT2D eigenvalue weighted by Crippen LogP contribution is 2.28. The van der Waals surface area contributed by atoms with Gasteiger partial charge in [0.25, 0.3) is 5.91 Å². The summed E-state index contributed by atoms with van der Waals surface area (Å²) in [5.74, 6) is -0.291. The van der Waals surface area contributed by atoms with Gasteiger partial charge in [0.2, 0.25) is 0 Å². The average molecular weight is 424 g/mol. The normalized spacial score (nSPS) is 10.3. The molecule has 98 valence electrons. The number of hydrogen-bond acceptors (Lipinski definition) is 1. The van der Waals surface area contributed by atoms with E-state index in [1.54, 1.807) is 36.4 Å². The van der Waals surface area contributed by atoms with Crippen molar-refractivity contribution in [2.45, 2.75) is 0 Å². The number of benzene rings is 2. The summed E-state index contributed by atoms with van der Waals surface area (Å²) in [6.07, 6.45) is 0. The molecule has 0 unspecified atom stereocenters. The van der Waals surface area contributed by atoms with Crippen LogP contribution in [0.2, 0.25) is 10.0 Å². The first-order valence-electron chi connectivity index (χ1n) is 5.19. The topological polar surface area (TPSA) is 29.1 Å². The lowest BCUT2D eigenvalue weighted by atomic mass is 10.2. The van der Waals surface area contributed by atoms with Crippen molar-refractivity contribution in [1.29, 1.82) is 0 Å². The molecule has 19 heavy (non-hydrogen) atoms. The molecule has 0 radical (unpaired) electrons. The van der Waals surface area contributed by atoms with E-state index in [9.17, 15) is 4.79 Å². The Morgan fingerprint density at radius 1 is 1.05 bits per heavy atom. The molecule has 0 saturated heterocycles. The molecule has 0 aliphatic carbocycles. The Kier molecular flexibility index (Phi) is 4.90. The molecule has 0 fully saturated rings. The van der Waals surface area contributed by atoms with Gasteiger partial charge in [0, 0.05) is 14.0 Å². The van der Waals surface area contributed by atoms with Crippen LogP contribution in [0.1, 0.15) is 10.4 Å². The maximum atomic E-state index is 12.1. The lowest BCUT2D eigenvalue weighted by molar-refractivity contribution is 0.102. The first-order valence-corrected chi connectivity index (χ1v) is 7.53. The van der Waals surface area contributed by atoms with Gasteiger partial charge in [-0.3, -0.25) is 4.79 Å². The average Bonchev–Trinajstić information content (AvgIpc) is 2.33. The van der Waals surface area contributed by atoms with Crippen LogP contribution in [-0.2, 0) is 0 Å². The smallest absolute Gasteiger partial charge is 0.257 e. The van der Waals surface area contributed by atoms with Crippen LogP contribution >= 0.6 is 55.1 Å². The Bertz CT molecular complexity index is 647. The Hall–Kier alpha value is -0.550. The second kappa shape index (κ2) is 6.27. The summed E-state index contributed by atoms with van der Waals surface area (Å²) in [5, 5.41) is 3.68. The minimum Gasteiger partial charge on any atom is -0.321 e. The number of anilines is 1. The van der Waals surface area contributed by atoms with Crippen LogP contribution in [0.25, 0.3) is 0 Å². The SMILES string of the molecule is O=C(Nc1cc(Cl)ccc1Br)c1ccc(Br)cc1Cl. The van der Waals surface area contributed by atoms with E-state index >= 15 is 0 Å². The monoisotopic (exact) mass is 421 g/mol. The molecule has 1 N–H and O–H groups in total. The number of rotatable bonds is 2. The van der Waals surface area contributed by atoms with Crippen molar-refractivity contribution in [3.63, 3.8) is 0 Å². The van der Waals surface area contributed by atoms with Gasteiger partial charge >= 0.3 is 0 Å². The summed E-state index contributed by atoms with van der Waals surface area (Å²) in [7, 11) is 0. The van der Waals surface area contributed by atoms with Crippen molar-refractivity contribution in [2.24, 2.45) is 0 Å². The minimum atomic E-state index is -0.291. The van der Waals surface area contributed by atoms with Crippen molar-refractivity contribution < 1.29 is 4.79 Å². The predicted molar refractivity (Wildman–Crippen MR) is 86.3 cm³/mol. The molecule has 0 aliphatic rings. The minimum absolute atomic E-state index is 0.291. The molecular formula is C13H7Br2Cl2NO. The van der Waals surface area contributed by atoms with Crippen LogP contribution in [0.3, 0.4) is 0 Å². The van der Waals surface area contributed by atoms with Crippen molar-refractivity contribution in [3.05, 3.63) is 61.0 Å². The molecule has 1 amide bonds. The number of nitrogens with one attached hydrogen (secondary N) is 1. The van der Waals surface area contributed by atoms with Crippen molar-refractivity contribution in [3.8, 4) is 0 Å². The van der Waals surface area contributed by atoms with E-state index in [2.05, 4.69) is 37.2 Å². The molecule has 2 aromatic carbocycles. The summed E-state index contributed by atoms with van der Waals surface area (Å²) in [6, 6.07) is 10.2. The third-order valence-corrected chi connectivity index (χ3v) is 4.08. The van der Waals surface area contributed by atoms with Gasteiger partial charge in [-0.15, -0.1) is 0 Å². The molecule has 6 heteroatoms. The molecule has 0 heterocycles. The summed E-state index contributed by atoms with van der Waals surface area (Å²) >= 11 is 18.6. The molecule has 2 aromatic rings.